The third-order valence-electron chi connectivity index (χ3n) is 5.14. The van der Waals surface area contributed by atoms with Crippen LogP contribution in [0, 0.1) is 0 Å². The van der Waals surface area contributed by atoms with Crippen molar-refractivity contribution in [2.75, 3.05) is 12.9 Å². The SMILES string of the molecule is CC1c2cccc(P(F)COS(=O)C(F)(F)F)c2CCN1C(=O)Cc1c(Cl)cccc1Cl. The monoisotopic (exact) mass is 529 g/mol. The van der Waals surface area contributed by atoms with Gasteiger partial charge in [-0.2, -0.15) is 13.2 Å². The van der Waals surface area contributed by atoms with Crippen LogP contribution in [0.25, 0.3) is 0 Å². The Hall–Kier alpha value is -1.25. The van der Waals surface area contributed by atoms with Crippen LogP contribution in [0.2, 0.25) is 10.0 Å². The van der Waals surface area contributed by atoms with Crippen LogP contribution < -0.4 is 5.30 Å². The highest BCUT2D eigenvalue weighted by atomic mass is 35.5. The number of carbonyl (C=O) groups excluding carboxylic acids is 1. The second-order valence-electron chi connectivity index (χ2n) is 7.02. The predicted octanol–water partition coefficient (Wildman–Crippen LogP) is 5.83. The first kappa shape index (κ1) is 25.4. The van der Waals surface area contributed by atoms with E-state index in [4.69, 9.17) is 23.2 Å². The summed E-state index contributed by atoms with van der Waals surface area (Å²) in [4.78, 5) is 14.6. The molecule has 174 valence electrons. The van der Waals surface area contributed by atoms with Crippen molar-refractivity contribution in [2.45, 2.75) is 31.3 Å². The van der Waals surface area contributed by atoms with Crippen LogP contribution in [-0.4, -0.2) is 33.4 Å². The highest BCUT2D eigenvalue weighted by molar-refractivity contribution is 7.81. The molecule has 0 aromatic heterocycles. The van der Waals surface area contributed by atoms with Gasteiger partial charge in [0.2, 0.25) is 5.91 Å². The van der Waals surface area contributed by atoms with Crippen LogP contribution in [0.3, 0.4) is 0 Å². The van der Waals surface area contributed by atoms with Crippen LogP contribution in [0.15, 0.2) is 36.4 Å². The molecule has 1 amide bonds. The van der Waals surface area contributed by atoms with Crippen molar-refractivity contribution in [1.82, 2.24) is 4.90 Å². The number of carbonyl (C=O) groups is 1. The zero-order chi connectivity index (χ0) is 23.6. The fourth-order valence-corrected chi connectivity index (χ4v) is 5.94. The van der Waals surface area contributed by atoms with E-state index in [9.17, 15) is 26.4 Å². The first-order chi connectivity index (χ1) is 15.0. The fraction of sp³-hybridized carbons (Fsp3) is 0.350. The van der Waals surface area contributed by atoms with Crippen molar-refractivity contribution in [3.05, 3.63) is 63.1 Å². The first-order valence-corrected chi connectivity index (χ1v) is 12.6. The lowest BCUT2D eigenvalue weighted by Gasteiger charge is -2.36. The molecule has 0 fully saturated rings. The van der Waals surface area contributed by atoms with E-state index in [2.05, 4.69) is 4.18 Å². The molecule has 32 heavy (non-hydrogen) atoms. The van der Waals surface area contributed by atoms with Gasteiger partial charge in [0.05, 0.1) is 12.5 Å². The quantitative estimate of drug-likeness (QED) is 0.349. The maximum Gasteiger partial charge on any atom is 0.497 e. The van der Waals surface area contributed by atoms with Gasteiger partial charge < -0.3 is 4.90 Å². The van der Waals surface area contributed by atoms with Gasteiger partial charge in [0.25, 0.3) is 11.1 Å². The fourth-order valence-electron chi connectivity index (χ4n) is 3.60. The topological polar surface area (TPSA) is 46.6 Å². The average Bonchev–Trinajstić information content (AvgIpc) is 2.73. The van der Waals surface area contributed by atoms with Crippen molar-refractivity contribution >= 4 is 53.7 Å². The van der Waals surface area contributed by atoms with E-state index in [1.807, 2.05) is 0 Å². The van der Waals surface area contributed by atoms with Crippen LogP contribution >= 0.6 is 31.4 Å². The second-order valence-corrected chi connectivity index (χ2v) is 10.5. The van der Waals surface area contributed by atoms with Crippen LogP contribution in [0.5, 0.6) is 0 Å². The van der Waals surface area contributed by atoms with E-state index in [-0.39, 0.29) is 23.7 Å². The Labute approximate surface area is 196 Å². The number of benzene rings is 2. The molecule has 3 atom stereocenters. The van der Waals surface area contributed by atoms with E-state index in [1.165, 1.54) is 6.07 Å². The summed E-state index contributed by atoms with van der Waals surface area (Å²) in [5, 5.41) is 1.000. The van der Waals surface area contributed by atoms with Gasteiger partial charge in [0.1, 0.15) is 14.6 Å². The number of rotatable bonds is 6. The molecule has 0 saturated heterocycles. The Balaban J connectivity index is 1.76. The van der Waals surface area contributed by atoms with E-state index in [0.717, 1.165) is 0 Å². The van der Waals surface area contributed by atoms with Crippen LogP contribution in [0.1, 0.15) is 29.7 Å². The highest BCUT2D eigenvalue weighted by Crippen LogP contribution is 2.41. The summed E-state index contributed by atoms with van der Waals surface area (Å²) < 4.78 is 67.0. The first-order valence-electron chi connectivity index (χ1n) is 9.40. The number of halogens is 6. The largest absolute Gasteiger partial charge is 0.497 e. The summed E-state index contributed by atoms with van der Waals surface area (Å²) in [6.45, 7) is 2.09. The molecular weight excluding hydrogens is 512 g/mol. The molecule has 4 nitrogen and oxygen atoms in total. The Morgan fingerprint density at radius 3 is 2.47 bits per heavy atom. The molecule has 0 saturated carbocycles. The highest BCUT2D eigenvalue weighted by Gasteiger charge is 2.39. The molecular formula is C20H18Cl2F4NO3PS. The van der Waals surface area contributed by atoms with E-state index in [0.29, 0.717) is 39.7 Å². The molecule has 0 bridgehead atoms. The van der Waals surface area contributed by atoms with Crippen molar-refractivity contribution in [3.63, 3.8) is 0 Å². The van der Waals surface area contributed by atoms with Gasteiger partial charge in [-0.25, -0.2) is 8.41 Å². The van der Waals surface area contributed by atoms with Crippen molar-refractivity contribution < 1.29 is 30.6 Å². The minimum atomic E-state index is -5.06. The number of hydrogen-bond acceptors (Lipinski definition) is 3. The Morgan fingerprint density at radius 2 is 1.84 bits per heavy atom. The maximum absolute atomic E-state index is 14.8. The van der Waals surface area contributed by atoms with Crippen molar-refractivity contribution in [1.29, 1.82) is 0 Å². The van der Waals surface area contributed by atoms with E-state index >= 15 is 0 Å². The van der Waals surface area contributed by atoms with Crippen LogP contribution in [-0.2, 0) is 32.9 Å². The summed E-state index contributed by atoms with van der Waals surface area (Å²) in [5.41, 5.74) is -3.20. The molecule has 1 aliphatic heterocycles. The summed E-state index contributed by atoms with van der Waals surface area (Å²) in [6.07, 6.45) is -0.603. The number of fused-ring (bicyclic) bond motifs is 1. The minimum absolute atomic E-state index is 0.00475. The molecule has 2 aromatic carbocycles. The molecule has 0 radical (unpaired) electrons. The molecule has 0 spiro atoms. The lowest BCUT2D eigenvalue weighted by molar-refractivity contribution is -0.133. The summed E-state index contributed by atoms with van der Waals surface area (Å²) in [5.74, 6) is -0.199. The standard InChI is InChI=1S/C20H18Cl2F4NO3PS/c1-12-13-4-2-7-18(31(26)11-30-32(29)20(23,24)25)14(13)8-9-27(12)19(28)10-15-16(21)5-3-6-17(15)22/h2-7,12H,8-11H2,1H3. The van der Waals surface area contributed by atoms with Gasteiger partial charge in [-0.3, -0.25) is 8.98 Å². The third-order valence-corrected chi connectivity index (χ3v) is 8.03. The Morgan fingerprint density at radius 1 is 1.22 bits per heavy atom. The van der Waals surface area contributed by atoms with Crippen molar-refractivity contribution in [2.24, 2.45) is 0 Å². The molecule has 12 heteroatoms. The lowest BCUT2D eigenvalue weighted by Crippen LogP contribution is -2.41. The second kappa shape index (κ2) is 10.3. The third kappa shape index (κ3) is 5.62. The average molecular weight is 530 g/mol. The van der Waals surface area contributed by atoms with Gasteiger partial charge in [0, 0.05) is 21.9 Å². The predicted molar refractivity (Wildman–Crippen MR) is 118 cm³/mol. The Kier molecular flexibility index (Phi) is 8.20. The summed E-state index contributed by atoms with van der Waals surface area (Å²) in [6, 6.07) is 9.41. The molecule has 0 aliphatic carbocycles. The smallest absolute Gasteiger partial charge is 0.335 e. The summed E-state index contributed by atoms with van der Waals surface area (Å²) >= 11 is 8.76. The maximum atomic E-state index is 14.8. The number of hydrogen-bond donors (Lipinski definition) is 0. The lowest BCUT2D eigenvalue weighted by atomic mass is 9.93. The van der Waals surface area contributed by atoms with E-state index < -0.39 is 31.2 Å². The van der Waals surface area contributed by atoms with Crippen LogP contribution in [0.4, 0.5) is 17.4 Å². The molecule has 0 N–H and O–H groups in total. The van der Waals surface area contributed by atoms with Gasteiger partial charge in [-0.15, -0.1) is 0 Å². The van der Waals surface area contributed by atoms with Gasteiger partial charge >= 0.3 is 5.51 Å². The number of alkyl halides is 3. The normalized spacial score (nSPS) is 18.2. The Bertz CT molecular complexity index is 1020. The zero-order valence-corrected chi connectivity index (χ0v) is 19.9. The number of nitrogens with zero attached hydrogens (tertiary/aromatic N) is 1. The molecule has 3 unspecified atom stereocenters. The zero-order valence-electron chi connectivity index (χ0n) is 16.7. The van der Waals surface area contributed by atoms with Gasteiger partial charge in [-0.05, 0) is 42.2 Å². The van der Waals surface area contributed by atoms with Gasteiger partial charge in [-0.1, -0.05) is 47.5 Å². The minimum Gasteiger partial charge on any atom is -0.335 e. The van der Waals surface area contributed by atoms with E-state index in [1.54, 1.807) is 42.2 Å². The van der Waals surface area contributed by atoms with Gasteiger partial charge in [0.15, 0.2) is 0 Å². The van der Waals surface area contributed by atoms with Crippen molar-refractivity contribution in [3.8, 4) is 0 Å². The molecule has 1 aliphatic rings. The molecule has 3 rings (SSSR count). The number of amides is 1. The molecule has 2 aromatic rings. The molecule has 1 heterocycles. The summed E-state index contributed by atoms with van der Waals surface area (Å²) in [7, 11) is -2.62.